The summed E-state index contributed by atoms with van der Waals surface area (Å²) >= 11 is 5.47. The van der Waals surface area contributed by atoms with Crippen LogP contribution < -0.4 is 9.47 Å². The van der Waals surface area contributed by atoms with Crippen LogP contribution in [0.4, 0.5) is 0 Å². The molecule has 0 saturated carbocycles. The van der Waals surface area contributed by atoms with Crippen molar-refractivity contribution in [2.45, 2.75) is 31.5 Å². The van der Waals surface area contributed by atoms with Gasteiger partial charge in [-0.05, 0) is 30.7 Å². The van der Waals surface area contributed by atoms with Crippen LogP contribution in [0.5, 0.6) is 11.5 Å². The van der Waals surface area contributed by atoms with Crippen molar-refractivity contribution in [3.8, 4) is 11.5 Å². The number of halogens is 1. The smallest absolute Gasteiger partial charge is 0.166 e. The van der Waals surface area contributed by atoms with Gasteiger partial charge in [0.15, 0.2) is 16.7 Å². The summed E-state index contributed by atoms with van der Waals surface area (Å²) in [6, 6.07) is 10.5. The van der Waals surface area contributed by atoms with E-state index in [1.165, 1.54) is 0 Å². The third-order valence-corrected chi connectivity index (χ3v) is 6.70. The zero-order valence-electron chi connectivity index (χ0n) is 15.6. The Labute approximate surface area is 172 Å². The van der Waals surface area contributed by atoms with Crippen LogP contribution in [0.2, 0.25) is 0 Å². The molecule has 0 N–H and O–H groups in total. The molecular formula is C20H22BrN3O2S. The van der Waals surface area contributed by atoms with Gasteiger partial charge in [0.25, 0.3) is 0 Å². The number of aliphatic imine (C=N–C) groups is 1. The number of ether oxygens (including phenoxy) is 2. The maximum atomic E-state index is 5.79. The minimum absolute atomic E-state index is 0.0243. The fraction of sp³-hybridized carbons (Fsp3) is 0.400. The highest BCUT2D eigenvalue weighted by atomic mass is 79.9. The molecule has 2 aliphatic heterocycles. The summed E-state index contributed by atoms with van der Waals surface area (Å²) in [7, 11) is 3.36. The summed E-state index contributed by atoms with van der Waals surface area (Å²) in [4.78, 5) is 12.1. The van der Waals surface area contributed by atoms with E-state index in [1.807, 2.05) is 36.2 Å². The van der Waals surface area contributed by atoms with Crippen LogP contribution in [0.3, 0.4) is 0 Å². The van der Waals surface area contributed by atoms with Crippen molar-refractivity contribution in [1.29, 1.82) is 0 Å². The standard InChI is InChI=1S/C20H22BrN3O2S/c1-4-13-11-27-20-23-17(15-7-5-6-8-22-15)18(24(13)20)14-9-12(21)10-16(25-2)19(14)26-3/h5-10,13,17-18H,4,11H2,1-3H3/t13-,17+,18-/m1/s1. The van der Waals surface area contributed by atoms with Crippen molar-refractivity contribution in [1.82, 2.24) is 9.88 Å². The summed E-state index contributed by atoms with van der Waals surface area (Å²) in [6.07, 6.45) is 2.91. The largest absolute Gasteiger partial charge is 0.493 e. The van der Waals surface area contributed by atoms with E-state index in [-0.39, 0.29) is 12.1 Å². The van der Waals surface area contributed by atoms with Crippen molar-refractivity contribution in [3.63, 3.8) is 0 Å². The van der Waals surface area contributed by atoms with E-state index in [0.29, 0.717) is 6.04 Å². The number of methoxy groups -OCH3 is 2. The summed E-state index contributed by atoms with van der Waals surface area (Å²) in [5.74, 6) is 2.54. The first-order valence-corrected chi connectivity index (χ1v) is 10.8. The first-order valence-electron chi connectivity index (χ1n) is 8.99. The molecule has 142 valence electrons. The zero-order valence-corrected chi connectivity index (χ0v) is 18.0. The lowest BCUT2D eigenvalue weighted by atomic mass is 9.94. The second-order valence-electron chi connectivity index (χ2n) is 6.57. The fourth-order valence-electron chi connectivity index (χ4n) is 3.87. The van der Waals surface area contributed by atoms with E-state index < -0.39 is 0 Å². The molecule has 7 heteroatoms. The van der Waals surface area contributed by atoms with Gasteiger partial charge in [-0.2, -0.15) is 0 Å². The van der Waals surface area contributed by atoms with Gasteiger partial charge in [0.1, 0.15) is 6.04 Å². The van der Waals surface area contributed by atoms with Crippen molar-refractivity contribution in [3.05, 3.63) is 52.3 Å². The van der Waals surface area contributed by atoms with Crippen molar-refractivity contribution in [2.75, 3.05) is 20.0 Å². The second-order valence-corrected chi connectivity index (χ2v) is 8.47. The van der Waals surface area contributed by atoms with Crippen LogP contribution in [0, 0.1) is 0 Å². The van der Waals surface area contributed by atoms with Crippen molar-refractivity contribution in [2.24, 2.45) is 4.99 Å². The molecule has 0 amide bonds. The average Bonchev–Trinajstić information content (AvgIpc) is 3.26. The molecule has 4 rings (SSSR count). The number of amidine groups is 1. The highest BCUT2D eigenvalue weighted by Gasteiger charge is 2.46. The van der Waals surface area contributed by atoms with E-state index in [9.17, 15) is 0 Å². The van der Waals surface area contributed by atoms with Gasteiger partial charge in [-0.25, -0.2) is 0 Å². The highest BCUT2D eigenvalue weighted by molar-refractivity contribution is 9.10. The summed E-state index contributed by atoms with van der Waals surface area (Å²) in [5.41, 5.74) is 2.04. The molecule has 1 fully saturated rings. The molecule has 0 radical (unpaired) electrons. The number of pyridine rings is 1. The lowest BCUT2D eigenvalue weighted by molar-refractivity contribution is 0.246. The minimum Gasteiger partial charge on any atom is -0.493 e. The quantitative estimate of drug-likeness (QED) is 0.655. The topological polar surface area (TPSA) is 47.0 Å². The van der Waals surface area contributed by atoms with Gasteiger partial charge >= 0.3 is 0 Å². The summed E-state index contributed by atoms with van der Waals surface area (Å²) < 4.78 is 12.3. The Hall–Kier alpha value is -1.73. The third kappa shape index (κ3) is 3.21. The third-order valence-electron chi connectivity index (χ3n) is 5.12. The Morgan fingerprint density at radius 3 is 2.78 bits per heavy atom. The fourth-order valence-corrected chi connectivity index (χ4v) is 5.66. The maximum Gasteiger partial charge on any atom is 0.166 e. The Balaban J connectivity index is 1.88. The number of nitrogens with zero attached hydrogens (tertiary/aromatic N) is 3. The number of fused-ring (bicyclic) bond motifs is 1. The lowest BCUT2D eigenvalue weighted by Crippen LogP contribution is -2.35. The molecule has 3 heterocycles. The zero-order chi connectivity index (χ0) is 19.0. The molecule has 27 heavy (non-hydrogen) atoms. The Morgan fingerprint density at radius 1 is 1.26 bits per heavy atom. The maximum absolute atomic E-state index is 5.79. The van der Waals surface area contributed by atoms with Gasteiger partial charge in [-0.15, -0.1) is 0 Å². The van der Waals surface area contributed by atoms with Crippen LogP contribution >= 0.6 is 27.7 Å². The molecular weight excluding hydrogens is 426 g/mol. The van der Waals surface area contributed by atoms with E-state index in [2.05, 4.69) is 44.9 Å². The second kappa shape index (κ2) is 7.72. The monoisotopic (exact) mass is 447 g/mol. The molecule has 0 unspecified atom stereocenters. The Morgan fingerprint density at radius 2 is 2.11 bits per heavy atom. The van der Waals surface area contributed by atoms with E-state index in [0.717, 1.165) is 44.6 Å². The van der Waals surface area contributed by atoms with E-state index >= 15 is 0 Å². The molecule has 2 aromatic rings. The van der Waals surface area contributed by atoms with E-state index in [4.69, 9.17) is 14.5 Å². The van der Waals surface area contributed by atoms with Crippen LogP contribution in [-0.2, 0) is 0 Å². The summed E-state index contributed by atoms with van der Waals surface area (Å²) in [6.45, 7) is 2.23. The first kappa shape index (κ1) is 18.6. The number of benzene rings is 1. The van der Waals surface area contributed by atoms with Crippen molar-refractivity contribution >= 4 is 32.9 Å². The molecule has 0 bridgehead atoms. The van der Waals surface area contributed by atoms with Crippen LogP contribution in [-0.4, -0.2) is 41.1 Å². The molecule has 3 atom stereocenters. The summed E-state index contributed by atoms with van der Waals surface area (Å²) in [5, 5.41) is 1.10. The van der Waals surface area contributed by atoms with Crippen molar-refractivity contribution < 1.29 is 9.47 Å². The van der Waals surface area contributed by atoms with Crippen LogP contribution in [0.1, 0.15) is 36.7 Å². The molecule has 2 aliphatic rings. The van der Waals surface area contributed by atoms with Gasteiger partial charge in [0, 0.05) is 28.0 Å². The van der Waals surface area contributed by atoms with Crippen LogP contribution in [0.15, 0.2) is 46.0 Å². The highest BCUT2D eigenvalue weighted by Crippen LogP contribution is 2.52. The number of hydrogen-bond donors (Lipinski definition) is 0. The normalized spacial score (nSPS) is 23.9. The van der Waals surface area contributed by atoms with Crippen LogP contribution in [0.25, 0.3) is 0 Å². The number of rotatable bonds is 5. The predicted molar refractivity (Wildman–Crippen MR) is 113 cm³/mol. The number of aromatic nitrogens is 1. The molecule has 5 nitrogen and oxygen atoms in total. The van der Waals surface area contributed by atoms with Gasteiger partial charge in [0.2, 0.25) is 0 Å². The van der Waals surface area contributed by atoms with Gasteiger partial charge in [-0.1, -0.05) is 40.7 Å². The first-order chi connectivity index (χ1) is 13.2. The van der Waals surface area contributed by atoms with E-state index in [1.54, 1.807) is 14.2 Å². The Bertz CT molecular complexity index is 862. The number of thioether (sulfide) groups is 1. The lowest BCUT2D eigenvalue weighted by Gasteiger charge is -2.33. The average molecular weight is 448 g/mol. The van der Waals surface area contributed by atoms with Gasteiger partial charge in [0.05, 0.1) is 26.0 Å². The molecule has 1 saturated heterocycles. The number of hydrogen-bond acceptors (Lipinski definition) is 6. The molecule has 1 aromatic carbocycles. The Kier molecular flexibility index (Phi) is 5.32. The molecule has 0 aliphatic carbocycles. The van der Waals surface area contributed by atoms with Gasteiger partial charge in [-0.3, -0.25) is 9.98 Å². The predicted octanol–water partition coefficient (Wildman–Crippen LogP) is 4.84. The van der Waals surface area contributed by atoms with Gasteiger partial charge < -0.3 is 14.4 Å². The minimum atomic E-state index is -0.0732. The SMILES string of the molecule is CC[C@@H]1CSC2=N[C@@H](c3ccccn3)[C@@H](c3cc(Br)cc(OC)c3OC)N21. The molecule has 0 spiro atoms. The molecule has 1 aromatic heterocycles.